The van der Waals surface area contributed by atoms with E-state index in [1.807, 2.05) is 32.0 Å². The first kappa shape index (κ1) is 10.9. The Morgan fingerprint density at radius 3 is 2.56 bits per heavy atom. The molecule has 0 atom stereocenters. The molecule has 0 aliphatic heterocycles. The molecule has 4 heteroatoms. The minimum absolute atomic E-state index is 0.755. The van der Waals surface area contributed by atoms with Crippen molar-refractivity contribution in [3.63, 3.8) is 0 Å². The molecule has 0 saturated carbocycles. The van der Waals surface area contributed by atoms with Gasteiger partial charge in [-0.2, -0.15) is 0 Å². The van der Waals surface area contributed by atoms with Crippen molar-refractivity contribution in [1.82, 2.24) is 19.9 Å². The summed E-state index contributed by atoms with van der Waals surface area (Å²) in [5.74, 6) is 1.69. The van der Waals surface area contributed by atoms with E-state index in [2.05, 4.69) is 32.1 Å². The Balaban J connectivity index is 2.01. The van der Waals surface area contributed by atoms with Gasteiger partial charge in [0.2, 0.25) is 0 Å². The van der Waals surface area contributed by atoms with Gasteiger partial charge in [-0.3, -0.25) is 0 Å². The van der Waals surface area contributed by atoms with Crippen molar-refractivity contribution in [1.29, 1.82) is 0 Å². The summed E-state index contributed by atoms with van der Waals surface area (Å²) in [4.78, 5) is 16.5. The van der Waals surface area contributed by atoms with Crippen LogP contribution in [0, 0.1) is 13.8 Å². The molecular formula is C14H14N4. The molecule has 0 fully saturated rings. The second-order valence-corrected chi connectivity index (χ2v) is 4.40. The largest absolute Gasteiger partial charge is 0.339 e. The Morgan fingerprint density at radius 2 is 1.78 bits per heavy atom. The van der Waals surface area contributed by atoms with Gasteiger partial charge in [-0.15, -0.1) is 0 Å². The number of rotatable bonds is 2. The van der Waals surface area contributed by atoms with Crippen LogP contribution >= 0.6 is 0 Å². The van der Waals surface area contributed by atoms with Crippen molar-refractivity contribution >= 4 is 11.2 Å². The second-order valence-electron chi connectivity index (χ2n) is 4.40. The maximum atomic E-state index is 4.52. The number of nitrogens with one attached hydrogen (secondary N) is 1. The fraction of sp³-hybridized carbons (Fsp3) is 0.214. The van der Waals surface area contributed by atoms with Gasteiger partial charge < -0.3 is 4.98 Å². The average molecular weight is 238 g/mol. The lowest BCUT2D eigenvalue weighted by atomic mass is 10.1. The van der Waals surface area contributed by atoms with Gasteiger partial charge >= 0.3 is 0 Å². The van der Waals surface area contributed by atoms with E-state index in [1.54, 1.807) is 0 Å². The zero-order valence-corrected chi connectivity index (χ0v) is 10.4. The number of fused-ring (bicyclic) bond motifs is 1. The highest BCUT2D eigenvalue weighted by atomic mass is 15.0. The number of aromatic nitrogens is 4. The molecule has 4 nitrogen and oxygen atoms in total. The molecule has 90 valence electrons. The van der Waals surface area contributed by atoms with Crippen LogP contribution in [0.5, 0.6) is 0 Å². The lowest BCUT2D eigenvalue weighted by molar-refractivity contribution is 1.03. The summed E-state index contributed by atoms with van der Waals surface area (Å²) in [6.45, 7) is 3.86. The monoisotopic (exact) mass is 238 g/mol. The average Bonchev–Trinajstić information content (AvgIpc) is 2.73. The number of hydrogen-bond acceptors (Lipinski definition) is 3. The van der Waals surface area contributed by atoms with Crippen LogP contribution in [0.2, 0.25) is 0 Å². The SMILES string of the molecule is Cc1nc(C)c2[nH]c(Cc3ccccc3)nc2n1. The van der Waals surface area contributed by atoms with Crippen LogP contribution in [-0.4, -0.2) is 19.9 Å². The van der Waals surface area contributed by atoms with Gasteiger partial charge in [0.25, 0.3) is 0 Å². The number of imidazole rings is 1. The summed E-state index contributed by atoms with van der Waals surface area (Å²) < 4.78 is 0. The van der Waals surface area contributed by atoms with E-state index in [9.17, 15) is 0 Å². The Labute approximate surface area is 105 Å². The predicted octanol–water partition coefficient (Wildman–Crippen LogP) is 2.56. The smallest absolute Gasteiger partial charge is 0.181 e. The molecule has 2 heterocycles. The van der Waals surface area contributed by atoms with Gasteiger partial charge in [-0.1, -0.05) is 30.3 Å². The van der Waals surface area contributed by atoms with Crippen LogP contribution < -0.4 is 0 Å². The van der Waals surface area contributed by atoms with Crippen molar-refractivity contribution in [3.8, 4) is 0 Å². The maximum Gasteiger partial charge on any atom is 0.181 e. The molecule has 0 amide bonds. The minimum Gasteiger partial charge on any atom is -0.339 e. The van der Waals surface area contributed by atoms with Gasteiger partial charge in [0, 0.05) is 6.42 Å². The molecule has 0 unspecified atom stereocenters. The molecule has 0 bridgehead atoms. The summed E-state index contributed by atoms with van der Waals surface area (Å²) in [5, 5.41) is 0. The number of aryl methyl sites for hydroxylation is 2. The quantitative estimate of drug-likeness (QED) is 0.746. The maximum absolute atomic E-state index is 4.52. The first-order valence-corrected chi connectivity index (χ1v) is 5.96. The topological polar surface area (TPSA) is 54.5 Å². The van der Waals surface area contributed by atoms with Crippen LogP contribution in [0.3, 0.4) is 0 Å². The van der Waals surface area contributed by atoms with Crippen molar-refractivity contribution < 1.29 is 0 Å². The molecule has 3 aromatic rings. The number of benzene rings is 1. The van der Waals surface area contributed by atoms with E-state index in [1.165, 1.54) is 5.56 Å². The standard InChI is InChI=1S/C14H14N4/c1-9-13-14(16-10(2)15-9)18-12(17-13)8-11-6-4-3-5-7-11/h3-7H,8H2,1-2H3,(H,15,16,17,18). The Morgan fingerprint density at radius 1 is 1.00 bits per heavy atom. The van der Waals surface area contributed by atoms with Crippen LogP contribution in [0.25, 0.3) is 11.2 Å². The van der Waals surface area contributed by atoms with Crippen molar-refractivity contribution in [2.24, 2.45) is 0 Å². The van der Waals surface area contributed by atoms with Crippen LogP contribution in [0.4, 0.5) is 0 Å². The predicted molar refractivity (Wildman–Crippen MR) is 70.4 cm³/mol. The Bertz CT molecular complexity index is 686. The highest BCUT2D eigenvalue weighted by Gasteiger charge is 2.08. The molecular weight excluding hydrogens is 224 g/mol. The highest BCUT2D eigenvalue weighted by Crippen LogP contribution is 2.14. The zero-order valence-electron chi connectivity index (χ0n) is 10.4. The lowest BCUT2D eigenvalue weighted by Gasteiger charge is -1.96. The third-order valence-corrected chi connectivity index (χ3v) is 2.91. The van der Waals surface area contributed by atoms with E-state index >= 15 is 0 Å². The van der Waals surface area contributed by atoms with E-state index in [-0.39, 0.29) is 0 Å². The van der Waals surface area contributed by atoms with Crippen molar-refractivity contribution in [2.75, 3.05) is 0 Å². The fourth-order valence-corrected chi connectivity index (χ4v) is 2.09. The molecule has 0 aliphatic rings. The molecule has 0 radical (unpaired) electrons. The van der Waals surface area contributed by atoms with Gasteiger partial charge in [0.15, 0.2) is 5.65 Å². The van der Waals surface area contributed by atoms with Crippen LogP contribution in [0.15, 0.2) is 30.3 Å². The highest BCUT2D eigenvalue weighted by molar-refractivity contribution is 5.73. The summed E-state index contributed by atoms with van der Waals surface area (Å²) in [5.41, 5.74) is 3.88. The zero-order chi connectivity index (χ0) is 12.5. The second kappa shape index (κ2) is 4.22. The molecule has 18 heavy (non-hydrogen) atoms. The lowest BCUT2D eigenvalue weighted by Crippen LogP contribution is -1.91. The van der Waals surface area contributed by atoms with Gasteiger partial charge in [-0.05, 0) is 19.4 Å². The van der Waals surface area contributed by atoms with Crippen molar-refractivity contribution in [2.45, 2.75) is 20.3 Å². The third kappa shape index (κ3) is 1.97. The normalized spacial score (nSPS) is 11.0. The van der Waals surface area contributed by atoms with Gasteiger partial charge in [0.1, 0.15) is 17.2 Å². The van der Waals surface area contributed by atoms with E-state index in [4.69, 9.17) is 0 Å². The Kier molecular flexibility index (Phi) is 2.55. The number of aromatic amines is 1. The summed E-state index contributed by atoms with van der Waals surface area (Å²) in [7, 11) is 0. The van der Waals surface area contributed by atoms with Gasteiger partial charge in [0.05, 0.1) is 5.69 Å². The Hall–Kier alpha value is -2.23. The van der Waals surface area contributed by atoms with E-state index in [0.717, 1.165) is 34.9 Å². The number of hydrogen-bond donors (Lipinski definition) is 1. The fourth-order valence-electron chi connectivity index (χ4n) is 2.09. The van der Waals surface area contributed by atoms with Gasteiger partial charge in [-0.25, -0.2) is 15.0 Å². The molecule has 2 aromatic heterocycles. The number of H-pyrrole nitrogens is 1. The van der Waals surface area contributed by atoms with Crippen LogP contribution in [0.1, 0.15) is 22.9 Å². The van der Waals surface area contributed by atoms with E-state index < -0.39 is 0 Å². The molecule has 3 rings (SSSR count). The summed E-state index contributed by atoms with van der Waals surface area (Å²) in [6, 6.07) is 10.3. The minimum atomic E-state index is 0.755. The molecule has 1 N–H and O–H groups in total. The molecule has 0 spiro atoms. The molecule has 0 saturated heterocycles. The van der Waals surface area contributed by atoms with Crippen molar-refractivity contribution in [3.05, 3.63) is 53.2 Å². The van der Waals surface area contributed by atoms with E-state index in [0.29, 0.717) is 0 Å². The third-order valence-electron chi connectivity index (χ3n) is 2.91. The van der Waals surface area contributed by atoms with Crippen LogP contribution in [-0.2, 0) is 6.42 Å². The summed E-state index contributed by atoms with van der Waals surface area (Å²) >= 11 is 0. The number of nitrogens with zero attached hydrogens (tertiary/aromatic N) is 3. The first-order chi connectivity index (χ1) is 8.72. The first-order valence-electron chi connectivity index (χ1n) is 5.96. The molecule has 0 aliphatic carbocycles. The summed E-state index contributed by atoms with van der Waals surface area (Å²) in [6.07, 6.45) is 0.787. The molecule has 1 aromatic carbocycles.